The van der Waals surface area contributed by atoms with Crippen molar-refractivity contribution in [3.63, 3.8) is 0 Å². The summed E-state index contributed by atoms with van der Waals surface area (Å²) in [5, 5.41) is 0. The van der Waals surface area contributed by atoms with E-state index in [0.717, 1.165) is 37.4 Å². The Kier molecular flexibility index (Phi) is 6.50. The number of hydrogen-bond acceptors (Lipinski definition) is 3. The number of rotatable bonds is 7. The second-order valence-corrected chi connectivity index (χ2v) is 8.33. The van der Waals surface area contributed by atoms with Crippen molar-refractivity contribution in [2.45, 2.75) is 59.0 Å². The van der Waals surface area contributed by atoms with Gasteiger partial charge >= 0.3 is 0 Å². The lowest BCUT2D eigenvalue weighted by atomic mass is 10.1. The van der Waals surface area contributed by atoms with E-state index in [4.69, 9.17) is 9.72 Å². The smallest absolute Gasteiger partial charge is 0.124 e. The van der Waals surface area contributed by atoms with E-state index in [2.05, 4.69) is 65.8 Å². The molecule has 3 aromatic rings. The van der Waals surface area contributed by atoms with Crippen molar-refractivity contribution in [2.24, 2.45) is 0 Å². The molecular formula is C25H33N3O. The Morgan fingerprint density at radius 2 is 1.76 bits per heavy atom. The third kappa shape index (κ3) is 4.99. The third-order valence-corrected chi connectivity index (χ3v) is 5.92. The highest BCUT2D eigenvalue weighted by molar-refractivity contribution is 5.75. The summed E-state index contributed by atoms with van der Waals surface area (Å²) in [5.41, 5.74) is 4.79. The summed E-state index contributed by atoms with van der Waals surface area (Å²) in [5.74, 6) is 2.20. The predicted octanol–water partition coefficient (Wildman–Crippen LogP) is 5.50. The van der Waals surface area contributed by atoms with E-state index in [1.165, 1.54) is 61.2 Å². The highest BCUT2D eigenvalue weighted by atomic mass is 16.5. The van der Waals surface area contributed by atoms with Gasteiger partial charge in [0, 0.05) is 6.54 Å². The molecule has 2 heterocycles. The normalized spacial score (nSPS) is 15.5. The van der Waals surface area contributed by atoms with Crippen LogP contribution in [0.15, 0.2) is 42.5 Å². The summed E-state index contributed by atoms with van der Waals surface area (Å²) < 4.78 is 8.50. The predicted molar refractivity (Wildman–Crippen MR) is 120 cm³/mol. The molecule has 4 heteroatoms. The van der Waals surface area contributed by atoms with Gasteiger partial charge in [0.2, 0.25) is 0 Å². The number of ether oxygens (including phenoxy) is 1. The van der Waals surface area contributed by atoms with Crippen LogP contribution >= 0.6 is 0 Å². The van der Waals surface area contributed by atoms with Gasteiger partial charge in [0.15, 0.2) is 0 Å². The highest BCUT2D eigenvalue weighted by Gasteiger charge is 2.15. The first kappa shape index (κ1) is 20.0. The van der Waals surface area contributed by atoms with E-state index in [1.807, 2.05) is 0 Å². The van der Waals surface area contributed by atoms with Gasteiger partial charge in [-0.25, -0.2) is 4.98 Å². The molecule has 154 valence electrons. The zero-order valence-electron chi connectivity index (χ0n) is 17.9. The topological polar surface area (TPSA) is 30.3 Å². The van der Waals surface area contributed by atoms with E-state index < -0.39 is 0 Å². The van der Waals surface area contributed by atoms with E-state index in [1.54, 1.807) is 0 Å². The molecule has 1 saturated heterocycles. The second kappa shape index (κ2) is 9.45. The summed E-state index contributed by atoms with van der Waals surface area (Å²) in [6, 6.07) is 14.9. The largest absolute Gasteiger partial charge is 0.493 e. The van der Waals surface area contributed by atoms with Crippen LogP contribution < -0.4 is 4.74 Å². The Hall–Kier alpha value is -2.33. The Morgan fingerprint density at radius 3 is 2.59 bits per heavy atom. The first-order valence-corrected chi connectivity index (χ1v) is 11.1. The summed E-state index contributed by atoms with van der Waals surface area (Å²) in [6.45, 7) is 9.22. The van der Waals surface area contributed by atoms with Gasteiger partial charge < -0.3 is 9.30 Å². The minimum atomic E-state index is 0.722. The fraction of sp³-hybridized carbons (Fsp3) is 0.480. The molecule has 1 aliphatic rings. The van der Waals surface area contributed by atoms with Gasteiger partial charge in [-0.15, -0.1) is 0 Å². The standard InChI is InChI=1S/C25H33N3O/c1-20-12-13-21(2)24(18-20)29-17-9-16-28-23-11-6-5-10-22(23)26-25(28)19-27-14-7-3-4-8-15-27/h5-6,10-13,18H,3-4,7-9,14-17,19H2,1-2H3. The molecule has 0 radical (unpaired) electrons. The molecule has 0 amide bonds. The van der Waals surface area contributed by atoms with Crippen molar-refractivity contribution in [2.75, 3.05) is 19.7 Å². The van der Waals surface area contributed by atoms with Crippen LogP contribution in [0.4, 0.5) is 0 Å². The fourth-order valence-corrected chi connectivity index (χ4v) is 4.26. The number of likely N-dealkylation sites (tertiary alicyclic amines) is 1. The lowest BCUT2D eigenvalue weighted by molar-refractivity contribution is 0.263. The Balaban J connectivity index is 1.44. The lowest BCUT2D eigenvalue weighted by Crippen LogP contribution is -2.26. The van der Waals surface area contributed by atoms with Gasteiger partial charge in [-0.2, -0.15) is 0 Å². The number of para-hydroxylation sites is 2. The third-order valence-electron chi connectivity index (χ3n) is 5.92. The first-order valence-electron chi connectivity index (χ1n) is 11.1. The number of aryl methyl sites for hydroxylation is 3. The molecule has 1 aromatic heterocycles. The first-order chi connectivity index (χ1) is 14.2. The van der Waals surface area contributed by atoms with Crippen LogP contribution in [0.2, 0.25) is 0 Å². The number of hydrogen-bond donors (Lipinski definition) is 0. The lowest BCUT2D eigenvalue weighted by Gasteiger charge is -2.20. The van der Waals surface area contributed by atoms with Gasteiger partial charge in [0.05, 0.1) is 24.2 Å². The van der Waals surface area contributed by atoms with Crippen LogP contribution in [0.3, 0.4) is 0 Å². The van der Waals surface area contributed by atoms with Crippen LogP contribution in [-0.4, -0.2) is 34.1 Å². The quantitative estimate of drug-likeness (QED) is 0.498. The Bertz CT molecular complexity index is 938. The molecule has 1 aliphatic heterocycles. The molecule has 0 unspecified atom stereocenters. The van der Waals surface area contributed by atoms with Crippen LogP contribution in [0.5, 0.6) is 5.75 Å². The number of nitrogens with zero attached hydrogens (tertiary/aromatic N) is 3. The zero-order chi connectivity index (χ0) is 20.1. The monoisotopic (exact) mass is 391 g/mol. The fourth-order valence-electron chi connectivity index (χ4n) is 4.26. The van der Waals surface area contributed by atoms with Gasteiger partial charge in [-0.3, -0.25) is 4.90 Å². The number of aromatic nitrogens is 2. The van der Waals surface area contributed by atoms with Gasteiger partial charge in [0.25, 0.3) is 0 Å². The van der Waals surface area contributed by atoms with Gasteiger partial charge in [-0.05, 0) is 75.5 Å². The van der Waals surface area contributed by atoms with Gasteiger partial charge in [0.1, 0.15) is 11.6 Å². The molecule has 29 heavy (non-hydrogen) atoms. The van der Waals surface area contributed by atoms with Crippen LogP contribution in [0, 0.1) is 13.8 Å². The number of benzene rings is 2. The summed E-state index contributed by atoms with van der Waals surface area (Å²) >= 11 is 0. The van der Waals surface area contributed by atoms with Crippen molar-refractivity contribution in [3.05, 3.63) is 59.4 Å². The van der Waals surface area contributed by atoms with E-state index in [9.17, 15) is 0 Å². The minimum absolute atomic E-state index is 0.722. The molecule has 0 N–H and O–H groups in total. The van der Waals surface area contributed by atoms with Crippen molar-refractivity contribution in [1.82, 2.24) is 14.5 Å². The van der Waals surface area contributed by atoms with Crippen LogP contribution in [-0.2, 0) is 13.1 Å². The zero-order valence-corrected chi connectivity index (χ0v) is 17.9. The number of imidazole rings is 1. The second-order valence-electron chi connectivity index (χ2n) is 8.33. The molecule has 2 aromatic carbocycles. The molecule has 1 fully saturated rings. The van der Waals surface area contributed by atoms with E-state index >= 15 is 0 Å². The van der Waals surface area contributed by atoms with Crippen molar-refractivity contribution >= 4 is 11.0 Å². The Labute approximate surface area is 174 Å². The molecule has 4 nitrogen and oxygen atoms in total. The molecule has 0 aliphatic carbocycles. The summed E-state index contributed by atoms with van der Waals surface area (Å²) in [7, 11) is 0. The molecule has 0 saturated carbocycles. The molecule has 0 bridgehead atoms. The van der Waals surface area contributed by atoms with Crippen molar-refractivity contribution in [1.29, 1.82) is 0 Å². The van der Waals surface area contributed by atoms with Crippen molar-refractivity contribution in [3.8, 4) is 5.75 Å². The Morgan fingerprint density at radius 1 is 0.966 bits per heavy atom. The SMILES string of the molecule is Cc1ccc(C)c(OCCCn2c(CN3CCCCCC3)nc3ccccc32)c1. The van der Waals surface area contributed by atoms with Crippen LogP contribution in [0.25, 0.3) is 11.0 Å². The highest BCUT2D eigenvalue weighted by Crippen LogP contribution is 2.21. The summed E-state index contributed by atoms with van der Waals surface area (Å²) in [6.07, 6.45) is 6.32. The summed E-state index contributed by atoms with van der Waals surface area (Å²) in [4.78, 5) is 7.56. The molecule has 4 rings (SSSR count). The van der Waals surface area contributed by atoms with E-state index in [0.29, 0.717) is 0 Å². The maximum atomic E-state index is 6.09. The maximum Gasteiger partial charge on any atom is 0.124 e. The maximum absolute atomic E-state index is 6.09. The minimum Gasteiger partial charge on any atom is -0.493 e. The number of fused-ring (bicyclic) bond motifs is 1. The average Bonchev–Trinajstić information content (AvgIpc) is 2.87. The van der Waals surface area contributed by atoms with Crippen LogP contribution in [0.1, 0.15) is 49.1 Å². The average molecular weight is 392 g/mol. The van der Waals surface area contributed by atoms with Gasteiger partial charge in [-0.1, -0.05) is 37.1 Å². The molecular weight excluding hydrogens is 358 g/mol. The van der Waals surface area contributed by atoms with E-state index in [-0.39, 0.29) is 0 Å². The molecule has 0 spiro atoms. The molecule has 0 atom stereocenters. The van der Waals surface area contributed by atoms with Crippen molar-refractivity contribution < 1.29 is 4.74 Å².